The molecule has 1 heterocycles. The van der Waals surface area contributed by atoms with Crippen LogP contribution in [0, 0.1) is 0 Å². The first-order valence-electron chi connectivity index (χ1n) is 2.78. The molecule has 0 saturated carbocycles. The highest BCUT2D eigenvalue weighted by atomic mass is 16.6. The molecule has 1 aromatic rings. The lowest BCUT2D eigenvalue weighted by atomic mass is 10.6. The van der Waals surface area contributed by atoms with Crippen LogP contribution in [0.5, 0.6) is 5.75 Å². The second-order valence-electron chi connectivity index (χ2n) is 1.74. The first-order chi connectivity index (χ1) is 5.20. The number of carbonyl (C=O) groups is 2. The maximum Gasteiger partial charge on any atom is 0.422 e. The van der Waals surface area contributed by atoms with Crippen LogP contribution in [0.15, 0.2) is 18.5 Å². The van der Waals surface area contributed by atoms with Gasteiger partial charge in [0.25, 0.3) is 0 Å². The summed E-state index contributed by atoms with van der Waals surface area (Å²) in [4.78, 5) is 22.9. The minimum absolute atomic E-state index is 0.192. The number of hydrogen-bond donors (Lipinski definition) is 2. The van der Waals surface area contributed by atoms with Crippen molar-refractivity contribution >= 4 is 11.9 Å². The number of hydrogen-bond acceptors (Lipinski definition) is 3. The molecule has 5 nitrogen and oxygen atoms in total. The second kappa shape index (κ2) is 2.87. The Hall–Kier alpha value is -1.78. The zero-order valence-corrected chi connectivity index (χ0v) is 5.40. The van der Waals surface area contributed by atoms with Crippen LogP contribution in [0.3, 0.4) is 0 Å². The van der Waals surface area contributed by atoms with E-state index in [0.29, 0.717) is 0 Å². The Bertz CT molecular complexity index is 264. The molecular formula is C6H5NO4. The van der Waals surface area contributed by atoms with Gasteiger partial charge >= 0.3 is 11.9 Å². The van der Waals surface area contributed by atoms with Crippen molar-refractivity contribution in [3.63, 3.8) is 0 Å². The summed E-state index contributed by atoms with van der Waals surface area (Å²) in [5, 5.41) is 8.10. The lowest BCUT2D eigenvalue weighted by Crippen LogP contribution is -2.18. The van der Waals surface area contributed by atoms with Crippen LogP contribution in [-0.2, 0) is 9.59 Å². The van der Waals surface area contributed by atoms with E-state index in [1.165, 1.54) is 18.5 Å². The van der Waals surface area contributed by atoms with Crippen LogP contribution in [0.1, 0.15) is 0 Å². The van der Waals surface area contributed by atoms with E-state index in [4.69, 9.17) is 5.11 Å². The molecule has 0 amide bonds. The van der Waals surface area contributed by atoms with Crippen molar-refractivity contribution in [2.24, 2.45) is 0 Å². The number of aromatic amines is 1. The first kappa shape index (κ1) is 7.33. The molecule has 5 heteroatoms. The van der Waals surface area contributed by atoms with E-state index in [0.717, 1.165) is 0 Å². The third kappa shape index (κ3) is 1.82. The van der Waals surface area contributed by atoms with E-state index in [1.807, 2.05) is 0 Å². The van der Waals surface area contributed by atoms with Crippen molar-refractivity contribution in [1.29, 1.82) is 0 Å². The molecule has 0 spiro atoms. The molecule has 0 aromatic carbocycles. The summed E-state index contributed by atoms with van der Waals surface area (Å²) in [5.41, 5.74) is 0. The average Bonchev–Trinajstić information content (AvgIpc) is 2.39. The monoisotopic (exact) mass is 155 g/mol. The molecule has 0 saturated heterocycles. The molecule has 1 aromatic heterocycles. The summed E-state index contributed by atoms with van der Waals surface area (Å²) in [5.74, 6) is -2.70. The van der Waals surface area contributed by atoms with E-state index < -0.39 is 11.9 Å². The first-order valence-corrected chi connectivity index (χ1v) is 2.78. The fourth-order valence-corrected chi connectivity index (χ4v) is 0.523. The summed E-state index contributed by atoms with van der Waals surface area (Å²) < 4.78 is 4.35. The van der Waals surface area contributed by atoms with E-state index in [9.17, 15) is 9.59 Å². The minimum atomic E-state index is -1.61. The van der Waals surface area contributed by atoms with Gasteiger partial charge in [0.1, 0.15) is 5.75 Å². The molecule has 58 valence electrons. The van der Waals surface area contributed by atoms with Crippen LogP contribution in [0.2, 0.25) is 0 Å². The zero-order chi connectivity index (χ0) is 8.27. The summed E-state index contributed by atoms with van der Waals surface area (Å²) in [7, 11) is 0. The van der Waals surface area contributed by atoms with Gasteiger partial charge in [0.2, 0.25) is 0 Å². The average molecular weight is 155 g/mol. The summed E-state index contributed by atoms with van der Waals surface area (Å²) in [6.45, 7) is 0. The highest BCUT2D eigenvalue weighted by Crippen LogP contribution is 2.06. The molecule has 0 radical (unpaired) electrons. The number of aliphatic carboxylic acids is 1. The van der Waals surface area contributed by atoms with E-state index in [2.05, 4.69) is 9.72 Å². The van der Waals surface area contributed by atoms with Gasteiger partial charge in [-0.2, -0.15) is 0 Å². The van der Waals surface area contributed by atoms with Gasteiger partial charge in [-0.15, -0.1) is 0 Å². The molecule has 0 unspecified atom stereocenters. The fraction of sp³-hybridized carbons (Fsp3) is 0. The SMILES string of the molecule is O=C(O)C(=O)Oc1cc[nH]c1. The molecule has 0 fully saturated rings. The topological polar surface area (TPSA) is 79.4 Å². The van der Waals surface area contributed by atoms with E-state index in [-0.39, 0.29) is 5.75 Å². The van der Waals surface area contributed by atoms with Gasteiger partial charge in [-0.3, -0.25) is 0 Å². The van der Waals surface area contributed by atoms with Crippen LogP contribution < -0.4 is 4.74 Å². The highest BCUT2D eigenvalue weighted by Gasteiger charge is 2.13. The number of aromatic nitrogens is 1. The molecule has 0 aliphatic heterocycles. The molecule has 0 aliphatic carbocycles. The normalized spacial score (nSPS) is 9.09. The minimum Gasteiger partial charge on any atom is -0.473 e. The molecule has 11 heavy (non-hydrogen) atoms. The number of carboxylic acids is 1. The third-order valence-corrected chi connectivity index (χ3v) is 0.955. The number of H-pyrrole nitrogens is 1. The number of esters is 1. The van der Waals surface area contributed by atoms with Gasteiger partial charge in [0.05, 0.1) is 0 Å². The second-order valence-corrected chi connectivity index (χ2v) is 1.74. The molecule has 1 rings (SSSR count). The van der Waals surface area contributed by atoms with Gasteiger partial charge in [0.15, 0.2) is 0 Å². The van der Waals surface area contributed by atoms with Crippen molar-refractivity contribution < 1.29 is 19.4 Å². The van der Waals surface area contributed by atoms with Crippen LogP contribution in [0.25, 0.3) is 0 Å². The van der Waals surface area contributed by atoms with Crippen molar-refractivity contribution in [1.82, 2.24) is 4.98 Å². The lowest BCUT2D eigenvalue weighted by molar-refractivity contribution is -0.158. The number of ether oxygens (including phenoxy) is 1. The number of nitrogens with one attached hydrogen (secondary N) is 1. The maximum atomic E-state index is 10.4. The molecule has 0 bridgehead atoms. The zero-order valence-electron chi connectivity index (χ0n) is 5.40. The third-order valence-electron chi connectivity index (χ3n) is 0.955. The van der Waals surface area contributed by atoms with Crippen molar-refractivity contribution in [3.8, 4) is 5.75 Å². The van der Waals surface area contributed by atoms with E-state index >= 15 is 0 Å². The van der Waals surface area contributed by atoms with Crippen LogP contribution in [0.4, 0.5) is 0 Å². The summed E-state index contributed by atoms with van der Waals surface area (Å²) in [6.07, 6.45) is 2.89. The smallest absolute Gasteiger partial charge is 0.422 e. The molecule has 0 atom stereocenters. The largest absolute Gasteiger partial charge is 0.473 e. The molecular weight excluding hydrogens is 150 g/mol. The predicted molar refractivity (Wildman–Crippen MR) is 34.1 cm³/mol. The number of carboxylic acid groups (broad SMARTS) is 1. The molecule has 0 aliphatic rings. The number of rotatable bonds is 1. The highest BCUT2D eigenvalue weighted by molar-refractivity contribution is 6.29. The Morgan fingerprint density at radius 1 is 1.55 bits per heavy atom. The van der Waals surface area contributed by atoms with Crippen molar-refractivity contribution in [3.05, 3.63) is 18.5 Å². The Labute approximate surface area is 61.6 Å². The Morgan fingerprint density at radius 3 is 2.73 bits per heavy atom. The number of carbonyl (C=O) groups excluding carboxylic acids is 1. The van der Waals surface area contributed by atoms with Crippen LogP contribution >= 0.6 is 0 Å². The Balaban J connectivity index is 2.57. The fourth-order valence-electron chi connectivity index (χ4n) is 0.523. The predicted octanol–water partition coefficient (Wildman–Crippen LogP) is 0.00470. The van der Waals surface area contributed by atoms with Gasteiger partial charge < -0.3 is 14.8 Å². The van der Waals surface area contributed by atoms with Gasteiger partial charge in [-0.05, 0) is 6.07 Å². The van der Waals surface area contributed by atoms with Crippen LogP contribution in [-0.4, -0.2) is 22.0 Å². The van der Waals surface area contributed by atoms with Gasteiger partial charge in [-0.25, -0.2) is 9.59 Å². The summed E-state index contributed by atoms with van der Waals surface area (Å²) in [6, 6.07) is 1.45. The van der Waals surface area contributed by atoms with Crippen molar-refractivity contribution in [2.45, 2.75) is 0 Å². The maximum absolute atomic E-state index is 10.4. The van der Waals surface area contributed by atoms with Gasteiger partial charge in [0, 0.05) is 12.4 Å². The Morgan fingerprint density at radius 2 is 2.27 bits per heavy atom. The Kier molecular flexibility index (Phi) is 1.91. The van der Waals surface area contributed by atoms with Gasteiger partial charge in [-0.1, -0.05) is 0 Å². The van der Waals surface area contributed by atoms with E-state index in [1.54, 1.807) is 0 Å². The van der Waals surface area contributed by atoms with Crippen molar-refractivity contribution in [2.75, 3.05) is 0 Å². The quantitative estimate of drug-likeness (QED) is 0.442. The summed E-state index contributed by atoms with van der Waals surface area (Å²) >= 11 is 0. The molecule has 2 N–H and O–H groups in total. The lowest BCUT2D eigenvalue weighted by Gasteiger charge is -1.93. The standard InChI is InChI=1S/C6H5NO4/c8-5(9)6(10)11-4-1-2-7-3-4/h1-3,7H,(H,8,9).